The van der Waals surface area contributed by atoms with E-state index in [4.69, 9.17) is 0 Å². The van der Waals surface area contributed by atoms with Crippen LogP contribution in [0.2, 0.25) is 0 Å². The topological polar surface area (TPSA) is 32.3 Å². The van der Waals surface area contributed by atoms with Crippen molar-refractivity contribution in [3.05, 3.63) is 29.3 Å². The minimum Gasteiger partial charge on any atom is -0.335 e. The number of nitrogens with one attached hydrogen (secondary N) is 1. The summed E-state index contributed by atoms with van der Waals surface area (Å²) in [7, 11) is 0. The van der Waals surface area contributed by atoms with Crippen molar-refractivity contribution in [2.75, 3.05) is 18.8 Å². The van der Waals surface area contributed by atoms with Crippen molar-refractivity contribution in [3.63, 3.8) is 0 Å². The van der Waals surface area contributed by atoms with Crippen LogP contribution >= 0.6 is 24.2 Å². The molecule has 0 radical (unpaired) electrons. The molecule has 1 aromatic carbocycles. The molecule has 5 heteroatoms. The standard InChI is InChI=1S/C17H24N2OS.ClH/c1-12-3-4-13(2)16(9-12)21-11-17(20)19-14-5-6-15(19)10-18-8-7-14;/h3-4,9,14-15,18H,5-8,10-11H2,1-2H3;1H. The smallest absolute Gasteiger partial charge is 0.233 e. The summed E-state index contributed by atoms with van der Waals surface area (Å²) in [5.41, 5.74) is 2.52. The van der Waals surface area contributed by atoms with E-state index in [0.29, 0.717) is 23.7 Å². The third kappa shape index (κ3) is 3.79. The van der Waals surface area contributed by atoms with Crippen LogP contribution in [0.4, 0.5) is 0 Å². The van der Waals surface area contributed by atoms with E-state index in [9.17, 15) is 4.79 Å². The Labute approximate surface area is 143 Å². The van der Waals surface area contributed by atoms with Crippen LogP contribution in [-0.2, 0) is 4.79 Å². The quantitative estimate of drug-likeness (QED) is 0.858. The highest BCUT2D eigenvalue weighted by molar-refractivity contribution is 8.00. The van der Waals surface area contributed by atoms with Gasteiger partial charge in [-0.3, -0.25) is 4.79 Å². The number of carbonyl (C=O) groups excluding carboxylic acids is 1. The third-order valence-corrected chi connectivity index (χ3v) is 5.78. The maximum atomic E-state index is 12.7. The fourth-order valence-electron chi connectivity index (χ4n) is 3.47. The van der Waals surface area contributed by atoms with Gasteiger partial charge in [-0.05, 0) is 51.3 Å². The van der Waals surface area contributed by atoms with Gasteiger partial charge in [-0.1, -0.05) is 17.7 Å². The molecule has 22 heavy (non-hydrogen) atoms. The summed E-state index contributed by atoms with van der Waals surface area (Å²) in [6, 6.07) is 7.34. The Balaban J connectivity index is 0.00000176. The number of rotatable bonds is 3. The van der Waals surface area contributed by atoms with Crippen LogP contribution in [0.5, 0.6) is 0 Å². The number of thioether (sulfide) groups is 1. The second-order valence-corrected chi connectivity index (χ2v) is 7.25. The summed E-state index contributed by atoms with van der Waals surface area (Å²) in [5, 5.41) is 3.45. The molecule has 2 fully saturated rings. The van der Waals surface area contributed by atoms with Crippen molar-refractivity contribution in [3.8, 4) is 0 Å². The molecule has 0 aliphatic carbocycles. The van der Waals surface area contributed by atoms with Crippen molar-refractivity contribution in [1.82, 2.24) is 10.2 Å². The van der Waals surface area contributed by atoms with Gasteiger partial charge in [0.2, 0.25) is 5.91 Å². The van der Waals surface area contributed by atoms with Crippen molar-refractivity contribution in [2.24, 2.45) is 0 Å². The lowest BCUT2D eigenvalue weighted by Gasteiger charge is -2.27. The average Bonchev–Trinajstić information content (AvgIpc) is 2.73. The van der Waals surface area contributed by atoms with Crippen LogP contribution in [0.3, 0.4) is 0 Å². The molecule has 2 heterocycles. The van der Waals surface area contributed by atoms with Crippen LogP contribution in [0.15, 0.2) is 23.1 Å². The van der Waals surface area contributed by atoms with E-state index in [-0.39, 0.29) is 12.4 Å². The molecule has 2 unspecified atom stereocenters. The number of amides is 1. The molecular formula is C17H25ClN2OS. The Morgan fingerprint density at radius 1 is 1.27 bits per heavy atom. The number of fused-ring (bicyclic) bond motifs is 2. The maximum Gasteiger partial charge on any atom is 0.233 e. The number of hydrogen-bond acceptors (Lipinski definition) is 3. The number of aryl methyl sites for hydroxylation is 2. The van der Waals surface area contributed by atoms with E-state index in [1.807, 2.05) is 0 Å². The summed E-state index contributed by atoms with van der Waals surface area (Å²) in [4.78, 5) is 16.1. The van der Waals surface area contributed by atoms with Gasteiger partial charge in [-0.25, -0.2) is 0 Å². The first-order valence-corrected chi connectivity index (χ1v) is 8.85. The summed E-state index contributed by atoms with van der Waals surface area (Å²) in [5.74, 6) is 0.884. The minimum atomic E-state index is 0. The first-order chi connectivity index (χ1) is 10.1. The van der Waals surface area contributed by atoms with Gasteiger partial charge in [-0.15, -0.1) is 24.2 Å². The molecule has 1 N–H and O–H groups in total. The van der Waals surface area contributed by atoms with E-state index in [1.54, 1.807) is 11.8 Å². The molecule has 2 aliphatic heterocycles. The molecule has 2 aliphatic rings. The zero-order valence-corrected chi connectivity index (χ0v) is 14.9. The van der Waals surface area contributed by atoms with Gasteiger partial charge in [-0.2, -0.15) is 0 Å². The molecule has 0 saturated carbocycles. The van der Waals surface area contributed by atoms with Crippen LogP contribution in [0.25, 0.3) is 0 Å². The summed E-state index contributed by atoms with van der Waals surface area (Å²) < 4.78 is 0. The number of nitrogens with zero attached hydrogens (tertiary/aromatic N) is 1. The van der Waals surface area contributed by atoms with E-state index in [2.05, 4.69) is 42.3 Å². The highest BCUT2D eigenvalue weighted by Gasteiger charge is 2.37. The number of benzene rings is 1. The van der Waals surface area contributed by atoms with Crippen molar-refractivity contribution in [2.45, 2.75) is 50.1 Å². The fourth-order valence-corrected chi connectivity index (χ4v) is 4.46. The minimum absolute atomic E-state index is 0. The Bertz CT molecular complexity index is 523. The van der Waals surface area contributed by atoms with Gasteiger partial charge in [0.15, 0.2) is 0 Å². The molecule has 3 nitrogen and oxygen atoms in total. The number of carbonyl (C=O) groups is 1. The van der Waals surface area contributed by atoms with Gasteiger partial charge < -0.3 is 10.2 Å². The number of halogens is 1. The van der Waals surface area contributed by atoms with Crippen molar-refractivity contribution < 1.29 is 4.79 Å². The predicted octanol–water partition coefficient (Wildman–Crippen LogP) is 3.17. The zero-order chi connectivity index (χ0) is 14.8. The Morgan fingerprint density at radius 3 is 2.86 bits per heavy atom. The number of hydrogen-bond donors (Lipinski definition) is 1. The Hall–Kier alpha value is -0.710. The molecule has 0 spiro atoms. The SMILES string of the molecule is Cc1ccc(C)c(SCC(=O)N2C3CCNCC2CC3)c1.Cl. The van der Waals surface area contributed by atoms with Crippen molar-refractivity contribution >= 4 is 30.1 Å². The van der Waals surface area contributed by atoms with Crippen LogP contribution in [0.1, 0.15) is 30.4 Å². The van der Waals surface area contributed by atoms with Crippen LogP contribution in [0, 0.1) is 13.8 Å². The first-order valence-electron chi connectivity index (χ1n) is 7.87. The highest BCUT2D eigenvalue weighted by Crippen LogP contribution is 2.30. The lowest BCUT2D eigenvalue weighted by atomic mass is 10.1. The summed E-state index contributed by atoms with van der Waals surface area (Å²) in [6.45, 7) is 6.24. The Kier molecular flexibility index (Phi) is 6.18. The van der Waals surface area contributed by atoms with Gasteiger partial charge >= 0.3 is 0 Å². The van der Waals surface area contributed by atoms with Gasteiger partial charge in [0.05, 0.1) is 5.75 Å². The molecule has 2 saturated heterocycles. The molecule has 1 aromatic rings. The van der Waals surface area contributed by atoms with Crippen molar-refractivity contribution in [1.29, 1.82) is 0 Å². The van der Waals surface area contributed by atoms with Gasteiger partial charge in [0, 0.05) is 23.5 Å². The largest absolute Gasteiger partial charge is 0.335 e. The second kappa shape index (κ2) is 7.71. The highest BCUT2D eigenvalue weighted by atomic mass is 35.5. The maximum absolute atomic E-state index is 12.7. The fraction of sp³-hybridized carbons (Fsp3) is 0.588. The Morgan fingerprint density at radius 2 is 2.05 bits per heavy atom. The third-order valence-electron chi connectivity index (χ3n) is 4.64. The summed E-state index contributed by atoms with van der Waals surface area (Å²) >= 11 is 1.69. The van der Waals surface area contributed by atoms with Crippen LogP contribution < -0.4 is 5.32 Å². The molecule has 122 valence electrons. The molecule has 2 atom stereocenters. The second-order valence-electron chi connectivity index (χ2n) is 6.24. The molecule has 1 amide bonds. The van der Waals surface area contributed by atoms with E-state index >= 15 is 0 Å². The van der Waals surface area contributed by atoms with E-state index in [0.717, 1.165) is 25.9 Å². The molecule has 2 bridgehead atoms. The molecule has 3 rings (SSSR count). The summed E-state index contributed by atoms with van der Waals surface area (Å²) in [6.07, 6.45) is 3.46. The first kappa shape index (κ1) is 17.6. The van der Waals surface area contributed by atoms with Gasteiger partial charge in [0.25, 0.3) is 0 Å². The monoisotopic (exact) mass is 340 g/mol. The lowest BCUT2D eigenvalue weighted by molar-refractivity contribution is -0.130. The molecular weight excluding hydrogens is 316 g/mol. The average molecular weight is 341 g/mol. The lowest BCUT2D eigenvalue weighted by Crippen LogP contribution is -2.43. The normalized spacial score (nSPS) is 23.8. The zero-order valence-electron chi connectivity index (χ0n) is 13.3. The van der Waals surface area contributed by atoms with E-state index < -0.39 is 0 Å². The van der Waals surface area contributed by atoms with Crippen LogP contribution in [-0.4, -0.2) is 41.7 Å². The predicted molar refractivity (Wildman–Crippen MR) is 95.0 cm³/mol. The van der Waals surface area contributed by atoms with Gasteiger partial charge in [0.1, 0.15) is 0 Å². The molecule has 0 aromatic heterocycles. The van der Waals surface area contributed by atoms with E-state index in [1.165, 1.54) is 22.4 Å².